The summed E-state index contributed by atoms with van der Waals surface area (Å²) in [5.41, 5.74) is 3.15. The van der Waals surface area contributed by atoms with Crippen LogP contribution in [0.2, 0.25) is 0 Å². The third kappa shape index (κ3) is 5.42. The van der Waals surface area contributed by atoms with E-state index < -0.39 is 0 Å². The largest absolute Gasteiger partial charge is 0.485 e. The Morgan fingerprint density at radius 1 is 1.06 bits per heavy atom. The van der Waals surface area contributed by atoms with Crippen LogP contribution in [0, 0.1) is 6.92 Å². The number of thioether (sulfide) groups is 1. The molecule has 3 aromatic carbocycles. The Morgan fingerprint density at radius 2 is 1.82 bits per heavy atom. The van der Waals surface area contributed by atoms with Gasteiger partial charge in [-0.05, 0) is 59.9 Å². The number of aromatic nitrogens is 3. The van der Waals surface area contributed by atoms with Crippen LogP contribution in [0.1, 0.15) is 43.6 Å². The zero-order valence-corrected chi connectivity index (χ0v) is 20.9. The molecule has 0 bridgehead atoms. The molecule has 0 aliphatic carbocycles. The fourth-order valence-corrected chi connectivity index (χ4v) is 4.66. The Hall–Kier alpha value is -3.32. The summed E-state index contributed by atoms with van der Waals surface area (Å²) in [4.78, 5) is 12.5. The molecule has 0 unspecified atom stereocenters. The number of rotatable bonds is 9. The number of hydrogen-bond acceptors (Lipinski definition) is 5. The highest BCUT2D eigenvalue weighted by atomic mass is 32.2. The lowest BCUT2D eigenvalue weighted by Crippen LogP contribution is -2.15. The van der Waals surface area contributed by atoms with Crippen LogP contribution < -0.4 is 10.1 Å². The maximum absolute atomic E-state index is 12.5. The van der Waals surface area contributed by atoms with Gasteiger partial charge in [-0.15, -0.1) is 10.2 Å². The summed E-state index contributed by atoms with van der Waals surface area (Å²) in [6.45, 7) is 9.41. The van der Waals surface area contributed by atoms with E-state index >= 15 is 0 Å². The molecule has 7 heteroatoms. The van der Waals surface area contributed by atoms with E-state index in [4.69, 9.17) is 4.74 Å². The van der Waals surface area contributed by atoms with Crippen LogP contribution in [0.15, 0.2) is 65.8 Å². The highest BCUT2D eigenvalue weighted by molar-refractivity contribution is 7.99. The lowest BCUT2D eigenvalue weighted by Gasteiger charge is -2.12. The number of anilines is 1. The molecule has 0 saturated heterocycles. The van der Waals surface area contributed by atoms with Gasteiger partial charge in [0.1, 0.15) is 12.4 Å². The van der Waals surface area contributed by atoms with E-state index in [1.165, 1.54) is 28.1 Å². The first-order valence-electron chi connectivity index (χ1n) is 11.5. The van der Waals surface area contributed by atoms with Crippen molar-refractivity contribution in [3.05, 3.63) is 77.6 Å². The van der Waals surface area contributed by atoms with Gasteiger partial charge in [0.15, 0.2) is 11.0 Å². The minimum absolute atomic E-state index is 0.0717. The summed E-state index contributed by atoms with van der Waals surface area (Å²) >= 11 is 1.38. The number of amides is 1. The van der Waals surface area contributed by atoms with Crippen molar-refractivity contribution >= 4 is 34.1 Å². The van der Waals surface area contributed by atoms with Gasteiger partial charge in [0.25, 0.3) is 0 Å². The highest BCUT2D eigenvalue weighted by Crippen LogP contribution is 2.28. The molecule has 0 saturated carbocycles. The van der Waals surface area contributed by atoms with Crippen molar-refractivity contribution in [3.8, 4) is 5.75 Å². The van der Waals surface area contributed by atoms with Crippen LogP contribution >= 0.6 is 11.8 Å². The lowest BCUT2D eigenvalue weighted by atomic mass is 10.0. The molecule has 0 atom stereocenters. The summed E-state index contributed by atoms with van der Waals surface area (Å²) < 4.78 is 8.10. The van der Waals surface area contributed by atoms with E-state index in [2.05, 4.69) is 54.5 Å². The van der Waals surface area contributed by atoms with Gasteiger partial charge in [0.2, 0.25) is 5.91 Å². The Kier molecular flexibility index (Phi) is 7.53. The number of hydrogen-bond donors (Lipinski definition) is 1. The van der Waals surface area contributed by atoms with Gasteiger partial charge in [-0.25, -0.2) is 0 Å². The average molecular weight is 475 g/mol. The van der Waals surface area contributed by atoms with Crippen LogP contribution in [-0.2, 0) is 17.9 Å². The highest BCUT2D eigenvalue weighted by Gasteiger charge is 2.15. The van der Waals surface area contributed by atoms with Crippen molar-refractivity contribution in [1.29, 1.82) is 0 Å². The van der Waals surface area contributed by atoms with Crippen molar-refractivity contribution in [2.24, 2.45) is 0 Å². The fourth-order valence-electron chi connectivity index (χ4n) is 3.83. The number of carbonyl (C=O) groups excluding carboxylic acids is 1. The van der Waals surface area contributed by atoms with E-state index in [9.17, 15) is 4.79 Å². The molecule has 34 heavy (non-hydrogen) atoms. The number of nitrogens with zero attached hydrogens (tertiary/aromatic N) is 3. The minimum atomic E-state index is -0.0717. The van der Waals surface area contributed by atoms with Gasteiger partial charge >= 0.3 is 0 Å². The summed E-state index contributed by atoms with van der Waals surface area (Å²) in [6, 6.07) is 20.3. The van der Waals surface area contributed by atoms with Crippen molar-refractivity contribution in [3.63, 3.8) is 0 Å². The summed E-state index contributed by atoms with van der Waals surface area (Å²) in [7, 11) is 0. The van der Waals surface area contributed by atoms with Crippen LogP contribution in [0.5, 0.6) is 5.75 Å². The molecular weight excluding hydrogens is 444 g/mol. The summed E-state index contributed by atoms with van der Waals surface area (Å²) in [6.07, 6.45) is 0. The maximum atomic E-state index is 12.5. The lowest BCUT2D eigenvalue weighted by molar-refractivity contribution is -0.113. The molecule has 0 aliphatic rings. The minimum Gasteiger partial charge on any atom is -0.485 e. The number of nitrogens with one attached hydrogen (secondary N) is 1. The van der Waals surface area contributed by atoms with E-state index in [-0.39, 0.29) is 11.7 Å². The number of fused-ring (bicyclic) bond motifs is 1. The van der Waals surface area contributed by atoms with Crippen LogP contribution in [0.3, 0.4) is 0 Å². The molecule has 0 radical (unpaired) electrons. The predicted octanol–water partition coefficient (Wildman–Crippen LogP) is 6.19. The van der Waals surface area contributed by atoms with Gasteiger partial charge in [-0.2, -0.15) is 0 Å². The molecule has 1 aromatic heterocycles. The maximum Gasteiger partial charge on any atom is 0.234 e. The first kappa shape index (κ1) is 23.8. The van der Waals surface area contributed by atoms with Gasteiger partial charge in [0.05, 0.1) is 5.75 Å². The number of carbonyl (C=O) groups is 1. The molecule has 4 aromatic rings. The zero-order chi connectivity index (χ0) is 24.1. The van der Waals surface area contributed by atoms with Gasteiger partial charge in [-0.1, -0.05) is 68.1 Å². The molecular formula is C27H30N4O2S. The van der Waals surface area contributed by atoms with Crippen molar-refractivity contribution < 1.29 is 9.53 Å². The van der Waals surface area contributed by atoms with Crippen LogP contribution in [0.4, 0.5) is 5.69 Å². The van der Waals surface area contributed by atoms with Crippen LogP contribution in [-0.4, -0.2) is 26.4 Å². The third-order valence-electron chi connectivity index (χ3n) is 5.81. The number of benzene rings is 3. The SMILES string of the molecule is CCn1c(COc2ccc3ccccc3c2C)nnc1SCC(=O)Nc1ccc(C(C)C)cc1. The second-order valence-corrected chi connectivity index (χ2v) is 9.40. The first-order valence-corrected chi connectivity index (χ1v) is 12.5. The zero-order valence-electron chi connectivity index (χ0n) is 20.0. The van der Waals surface area contributed by atoms with Gasteiger partial charge in [-0.3, -0.25) is 4.79 Å². The normalized spacial score (nSPS) is 11.2. The molecule has 1 amide bonds. The first-order chi connectivity index (χ1) is 16.5. The van der Waals surface area contributed by atoms with E-state index in [1.54, 1.807) is 0 Å². The molecule has 0 aliphatic heterocycles. The van der Waals surface area contributed by atoms with Crippen LogP contribution in [0.25, 0.3) is 10.8 Å². The predicted molar refractivity (Wildman–Crippen MR) is 139 cm³/mol. The Labute approximate surface area is 204 Å². The Balaban J connectivity index is 1.36. The summed E-state index contributed by atoms with van der Waals surface area (Å²) in [5, 5.41) is 14.6. The van der Waals surface area contributed by atoms with E-state index in [0.29, 0.717) is 24.2 Å². The summed E-state index contributed by atoms with van der Waals surface area (Å²) in [5.74, 6) is 2.22. The molecule has 0 spiro atoms. The second-order valence-electron chi connectivity index (χ2n) is 8.46. The third-order valence-corrected chi connectivity index (χ3v) is 6.78. The standard InChI is InChI=1S/C27H30N4O2S/c1-5-31-25(16-33-24-15-12-21-8-6-7-9-23(21)19(24)4)29-30-27(31)34-17-26(32)28-22-13-10-20(11-14-22)18(2)3/h6-15,18H,5,16-17H2,1-4H3,(H,28,32). The molecule has 6 nitrogen and oxygen atoms in total. The molecule has 1 N–H and O–H groups in total. The fraction of sp³-hybridized carbons (Fsp3) is 0.296. The van der Waals surface area contributed by atoms with Gasteiger partial charge in [0, 0.05) is 12.2 Å². The Morgan fingerprint density at radius 3 is 2.56 bits per heavy atom. The van der Waals surface area contributed by atoms with E-state index in [0.717, 1.165) is 22.8 Å². The number of aryl methyl sites for hydroxylation is 1. The van der Waals surface area contributed by atoms with Crippen molar-refractivity contribution in [2.45, 2.75) is 51.9 Å². The number of ether oxygens (including phenoxy) is 1. The smallest absolute Gasteiger partial charge is 0.234 e. The monoisotopic (exact) mass is 474 g/mol. The molecule has 176 valence electrons. The topological polar surface area (TPSA) is 69.0 Å². The molecule has 0 fully saturated rings. The van der Waals surface area contributed by atoms with E-state index in [1.807, 2.05) is 54.0 Å². The van der Waals surface area contributed by atoms with Gasteiger partial charge < -0.3 is 14.6 Å². The molecule has 4 rings (SSSR count). The quantitative estimate of drug-likeness (QED) is 0.293. The molecule has 1 heterocycles. The average Bonchev–Trinajstić information content (AvgIpc) is 3.24. The second kappa shape index (κ2) is 10.7. The van der Waals surface area contributed by atoms with Crippen molar-refractivity contribution in [1.82, 2.24) is 14.8 Å². The Bertz CT molecular complexity index is 1280. The van der Waals surface area contributed by atoms with Crippen molar-refractivity contribution in [2.75, 3.05) is 11.1 Å².